The maximum Gasteiger partial charge on any atom is 0.287 e. The number of hydrogen-bond donors (Lipinski definition) is 1. The third-order valence-electron chi connectivity index (χ3n) is 5.22. The van der Waals surface area contributed by atoms with Crippen molar-refractivity contribution in [2.75, 3.05) is 26.3 Å². The van der Waals surface area contributed by atoms with Crippen LogP contribution < -0.4 is 5.32 Å². The van der Waals surface area contributed by atoms with Crippen molar-refractivity contribution in [2.24, 2.45) is 0 Å². The molecule has 2 aromatic carbocycles. The first-order valence-electron chi connectivity index (χ1n) is 10.2. The van der Waals surface area contributed by atoms with Gasteiger partial charge in [-0.3, -0.25) is 4.79 Å². The summed E-state index contributed by atoms with van der Waals surface area (Å²) in [7, 11) is -3.48. The first-order valence-corrected chi connectivity index (χ1v) is 11.8. The van der Waals surface area contributed by atoms with E-state index in [1.165, 1.54) is 16.4 Å². The van der Waals surface area contributed by atoms with Crippen LogP contribution in [-0.2, 0) is 27.1 Å². The number of halogens is 1. The topological polar surface area (TPSA) is 88.9 Å². The number of sulfonamides is 1. The maximum absolute atomic E-state index is 13.1. The van der Waals surface area contributed by atoms with Gasteiger partial charge in [-0.2, -0.15) is 4.31 Å². The van der Waals surface area contributed by atoms with Gasteiger partial charge in [-0.15, -0.1) is 0 Å². The maximum atomic E-state index is 13.1. The Morgan fingerprint density at radius 2 is 1.66 bits per heavy atom. The smallest absolute Gasteiger partial charge is 0.287 e. The van der Waals surface area contributed by atoms with Crippen molar-refractivity contribution in [3.63, 3.8) is 0 Å². The predicted octanol–water partition coefficient (Wildman–Crippen LogP) is 3.18. The highest BCUT2D eigenvalue weighted by molar-refractivity contribution is 7.88. The molecular weight excluding hydrogens is 435 g/mol. The van der Waals surface area contributed by atoms with Crippen LogP contribution in [0, 0.1) is 5.82 Å². The summed E-state index contributed by atoms with van der Waals surface area (Å²) in [5.74, 6) is -0.360. The average molecular weight is 459 g/mol. The van der Waals surface area contributed by atoms with E-state index in [1.807, 2.05) is 0 Å². The number of furan rings is 1. The Morgan fingerprint density at radius 1 is 0.969 bits per heavy atom. The van der Waals surface area contributed by atoms with Gasteiger partial charge in [-0.05, 0) is 47.5 Å². The molecule has 0 aliphatic carbocycles. The molecule has 0 saturated carbocycles. The van der Waals surface area contributed by atoms with Crippen LogP contribution >= 0.6 is 0 Å². The third kappa shape index (κ3) is 5.24. The first-order chi connectivity index (χ1) is 15.4. The molecule has 0 radical (unpaired) electrons. The van der Waals surface area contributed by atoms with E-state index in [1.54, 1.807) is 48.5 Å². The van der Waals surface area contributed by atoms with E-state index < -0.39 is 15.9 Å². The highest BCUT2D eigenvalue weighted by Gasteiger charge is 2.25. The van der Waals surface area contributed by atoms with E-state index in [2.05, 4.69) is 5.32 Å². The fraction of sp³-hybridized carbons (Fsp3) is 0.261. The Balaban J connectivity index is 1.42. The normalized spacial score (nSPS) is 14.9. The molecule has 0 bridgehead atoms. The molecule has 1 aromatic heterocycles. The average Bonchev–Trinajstić information content (AvgIpc) is 3.30. The predicted molar refractivity (Wildman–Crippen MR) is 117 cm³/mol. The SMILES string of the molecule is O=C(NCc1ccccc1CS(=O)(=O)N1CCOCC1)c1ccc(-c2ccc(F)cc2)o1. The lowest BCUT2D eigenvalue weighted by Crippen LogP contribution is -2.41. The summed E-state index contributed by atoms with van der Waals surface area (Å²) in [4.78, 5) is 12.6. The van der Waals surface area contributed by atoms with Crippen LogP contribution in [0.4, 0.5) is 4.39 Å². The minimum atomic E-state index is -3.48. The van der Waals surface area contributed by atoms with Gasteiger partial charge >= 0.3 is 0 Å². The second-order valence-corrected chi connectivity index (χ2v) is 9.36. The van der Waals surface area contributed by atoms with E-state index in [0.29, 0.717) is 48.8 Å². The lowest BCUT2D eigenvalue weighted by molar-refractivity contribution is 0.0729. The zero-order valence-corrected chi connectivity index (χ0v) is 18.1. The van der Waals surface area contributed by atoms with Crippen molar-refractivity contribution in [1.82, 2.24) is 9.62 Å². The van der Waals surface area contributed by atoms with Crippen LogP contribution in [0.25, 0.3) is 11.3 Å². The summed E-state index contributed by atoms with van der Waals surface area (Å²) in [5, 5.41) is 2.77. The standard InChI is InChI=1S/C23H23FN2O5S/c24-20-7-5-17(6-8-20)21-9-10-22(31-21)23(27)25-15-18-3-1-2-4-19(18)16-32(28,29)26-11-13-30-14-12-26/h1-10H,11-16H2,(H,25,27). The second-order valence-electron chi connectivity index (χ2n) is 7.39. The van der Waals surface area contributed by atoms with Gasteiger partial charge in [0.1, 0.15) is 11.6 Å². The Bertz CT molecular complexity index is 1190. The Labute approximate surface area is 185 Å². The van der Waals surface area contributed by atoms with E-state index in [0.717, 1.165) is 0 Å². The first kappa shape index (κ1) is 22.2. The number of nitrogens with one attached hydrogen (secondary N) is 1. The van der Waals surface area contributed by atoms with E-state index >= 15 is 0 Å². The van der Waals surface area contributed by atoms with Crippen LogP contribution in [-0.4, -0.2) is 44.9 Å². The van der Waals surface area contributed by atoms with Gasteiger partial charge in [-0.1, -0.05) is 24.3 Å². The van der Waals surface area contributed by atoms with Gasteiger partial charge in [0.15, 0.2) is 5.76 Å². The molecular formula is C23H23FN2O5S. The fourth-order valence-corrected chi connectivity index (χ4v) is 5.04. The van der Waals surface area contributed by atoms with Crippen LogP contribution in [0.5, 0.6) is 0 Å². The largest absolute Gasteiger partial charge is 0.451 e. The fourth-order valence-electron chi connectivity index (χ4n) is 3.48. The number of hydrogen-bond acceptors (Lipinski definition) is 5. The number of amides is 1. The van der Waals surface area contributed by atoms with E-state index in [-0.39, 0.29) is 23.9 Å². The summed E-state index contributed by atoms with van der Waals surface area (Å²) in [6, 6.07) is 16.1. The number of nitrogens with zero attached hydrogens (tertiary/aromatic N) is 1. The molecule has 0 atom stereocenters. The highest BCUT2D eigenvalue weighted by atomic mass is 32.2. The van der Waals surface area contributed by atoms with Gasteiger partial charge in [0.05, 0.1) is 19.0 Å². The number of carbonyl (C=O) groups is 1. The quantitative estimate of drug-likeness (QED) is 0.588. The zero-order valence-electron chi connectivity index (χ0n) is 17.3. The Hall–Kier alpha value is -3.01. The molecule has 4 rings (SSSR count). The minimum Gasteiger partial charge on any atom is -0.451 e. The van der Waals surface area contributed by atoms with Crippen molar-refractivity contribution < 1.29 is 26.8 Å². The monoisotopic (exact) mass is 458 g/mol. The Kier molecular flexibility index (Phi) is 6.69. The molecule has 1 fully saturated rings. The Morgan fingerprint density at radius 3 is 2.38 bits per heavy atom. The molecule has 9 heteroatoms. The molecule has 1 aliphatic rings. The minimum absolute atomic E-state index is 0.114. The molecule has 2 heterocycles. The summed E-state index contributed by atoms with van der Waals surface area (Å²) >= 11 is 0. The van der Waals surface area contributed by atoms with Gasteiger partial charge in [0.25, 0.3) is 5.91 Å². The highest BCUT2D eigenvalue weighted by Crippen LogP contribution is 2.23. The number of morpholine rings is 1. The number of ether oxygens (including phenoxy) is 1. The molecule has 1 amide bonds. The summed E-state index contributed by atoms with van der Waals surface area (Å²) < 4.78 is 50.9. The van der Waals surface area contributed by atoms with Gasteiger partial charge in [-0.25, -0.2) is 12.8 Å². The van der Waals surface area contributed by atoms with Crippen LogP contribution in [0.3, 0.4) is 0 Å². The van der Waals surface area contributed by atoms with Crippen molar-refractivity contribution in [1.29, 1.82) is 0 Å². The van der Waals surface area contributed by atoms with Crippen LogP contribution in [0.1, 0.15) is 21.7 Å². The third-order valence-corrected chi connectivity index (χ3v) is 7.05. The molecule has 1 aliphatic heterocycles. The molecule has 168 valence electrons. The molecule has 3 aromatic rings. The number of carbonyl (C=O) groups excluding carboxylic acids is 1. The summed E-state index contributed by atoms with van der Waals surface area (Å²) in [5.41, 5.74) is 2.00. The van der Waals surface area contributed by atoms with E-state index in [9.17, 15) is 17.6 Å². The second kappa shape index (κ2) is 9.64. The number of rotatable bonds is 7. The molecule has 32 heavy (non-hydrogen) atoms. The zero-order chi connectivity index (χ0) is 22.6. The lowest BCUT2D eigenvalue weighted by Gasteiger charge is -2.26. The molecule has 1 saturated heterocycles. The van der Waals surface area contributed by atoms with Crippen LogP contribution in [0.2, 0.25) is 0 Å². The van der Waals surface area contributed by atoms with Gasteiger partial charge < -0.3 is 14.5 Å². The number of benzene rings is 2. The molecule has 7 nitrogen and oxygen atoms in total. The van der Waals surface area contributed by atoms with Crippen molar-refractivity contribution in [3.8, 4) is 11.3 Å². The molecule has 1 N–H and O–H groups in total. The lowest BCUT2D eigenvalue weighted by atomic mass is 10.1. The van der Waals surface area contributed by atoms with Crippen molar-refractivity contribution >= 4 is 15.9 Å². The summed E-state index contributed by atoms with van der Waals surface area (Å²) in [6.07, 6.45) is 0. The summed E-state index contributed by atoms with van der Waals surface area (Å²) in [6.45, 7) is 1.62. The van der Waals surface area contributed by atoms with Crippen LogP contribution in [0.15, 0.2) is 65.1 Å². The van der Waals surface area contributed by atoms with Gasteiger partial charge in [0, 0.05) is 25.2 Å². The molecule has 0 spiro atoms. The van der Waals surface area contributed by atoms with Crippen molar-refractivity contribution in [3.05, 3.63) is 83.4 Å². The van der Waals surface area contributed by atoms with Gasteiger partial charge in [0.2, 0.25) is 10.0 Å². The van der Waals surface area contributed by atoms with Crippen molar-refractivity contribution in [2.45, 2.75) is 12.3 Å². The van der Waals surface area contributed by atoms with E-state index in [4.69, 9.17) is 9.15 Å². The molecule has 0 unspecified atom stereocenters.